The van der Waals surface area contributed by atoms with Crippen LogP contribution in [0.3, 0.4) is 0 Å². The summed E-state index contributed by atoms with van der Waals surface area (Å²) in [6.07, 6.45) is 6.07. The predicted molar refractivity (Wildman–Crippen MR) is 106 cm³/mol. The maximum atomic E-state index is 13.1. The van der Waals surface area contributed by atoms with Gasteiger partial charge in [-0.1, -0.05) is 24.2 Å². The van der Waals surface area contributed by atoms with Crippen molar-refractivity contribution in [2.24, 2.45) is 0 Å². The molecule has 1 saturated heterocycles. The van der Waals surface area contributed by atoms with E-state index in [-0.39, 0.29) is 18.4 Å². The number of hydrogen-bond acceptors (Lipinski definition) is 4. The molecule has 0 atom stereocenters. The van der Waals surface area contributed by atoms with Crippen LogP contribution in [0.1, 0.15) is 42.1 Å². The number of piperidine rings is 1. The highest BCUT2D eigenvalue weighted by Crippen LogP contribution is 2.09. The summed E-state index contributed by atoms with van der Waals surface area (Å²) in [4.78, 5) is 28.6. The molecule has 0 spiro atoms. The predicted octanol–water partition coefficient (Wildman–Crippen LogP) is 1.39. The van der Waals surface area contributed by atoms with Crippen LogP contribution < -0.4 is 10.2 Å². The van der Waals surface area contributed by atoms with E-state index in [0.29, 0.717) is 17.9 Å². The van der Waals surface area contributed by atoms with Gasteiger partial charge >= 0.3 is 0 Å². The number of benzene rings is 1. The van der Waals surface area contributed by atoms with Gasteiger partial charge in [-0.25, -0.2) is 0 Å². The number of nitrogens with one attached hydrogen (secondary N) is 2. The third-order valence-electron chi connectivity index (χ3n) is 5.23. The van der Waals surface area contributed by atoms with Crippen LogP contribution in [0.4, 0.5) is 5.82 Å². The van der Waals surface area contributed by atoms with E-state index < -0.39 is 0 Å². The number of rotatable bonds is 8. The molecule has 150 valence electrons. The fourth-order valence-electron chi connectivity index (χ4n) is 3.55. The smallest absolute Gasteiger partial charge is 0.254 e. The van der Waals surface area contributed by atoms with Crippen molar-refractivity contribution in [3.05, 3.63) is 47.7 Å². The lowest BCUT2D eigenvalue weighted by Gasteiger charge is -2.27. The zero-order chi connectivity index (χ0) is 19.8. The molecule has 7 nitrogen and oxygen atoms in total. The number of quaternary nitrogens is 1. The molecule has 0 aliphatic carbocycles. The number of carbonyl (C=O) groups excluding carboxylic acids is 2. The quantitative estimate of drug-likeness (QED) is 0.720. The van der Waals surface area contributed by atoms with Gasteiger partial charge < -0.3 is 19.6 Å². The topological polar surface area (TPSA) is 79.9 Å². The minimum Gasteiger partial charge on any atom is -0.363 e. The highest BCUT2D eigenvalue weighted by atomic mass is 16.5. The molecule has 0 saturated carbocycles. The molecule has 0 unspecified atom stereocenters. The molecule has 0 bridgehead atoms. The van der Waals surface area contributed by atoms with Gasteiger partial charge in [0.25, 0.3) is 5.91 Å². The van der Waals surface area contributed by atoms with Crippen LogP contribution in [0.2, 0.25) is 0 Å². The van der Waals surface area contributed by atoms with Crippen molar-refractivity contribution in [2.45, 2.75) is 32.6 Å². The normalized spacial score (nSPS) is 14.6. The Balaban J connectivity index is 1.66. The second-order valence-electron chi connectivity index (χ2n) is 7.27. The highest BCUT2D eigenvalue weighted by molar-refractivity contribution is 5.99. The van der Waals surface area contributed by atoms with Crippen LogP contribution in [-0.4, -0.2) is 54.6 Å². The van der Waals surface area contributed by atoms with E-state index in [0.717, 1.165) is 26.1 Å². The second-order valence-corrected chi connectivity index (χ2v) is 7.27. The van der Waals surface area contributed by atoms with E-state index in [2.05, 4.69) is 17.4 Å². The van der Waals surface area contributed by atoms with E-state index in [9.17, 15) is 9.59 Å². The molecule has 1 aliphatic rings. The van der Waals surface area contributed by atoms with Crippen molar-refractivity contribution >= 4 is 17.6 Å². The molecule has 3 rings (SSSR count). The monoisotopic (exact) mass is 385 g/mol. The van der Waals surface area contributed by atoms with Gasteiger partial charge in [-0.3, -0.25) is 9.59 Å². The van der Waals surface area contributed by atoms with Crippen LogP contribution in [0.15, 0.2) is 41.1 Å². The molecule has 0 radical (unpaired) electrons. The summed E-state index contributed by atoms with van der Waals surface area (Å²) in [5.41, 5.74) is 1.80. The Labute approximate surface area is 165 Å². The number of carbonyl (C=O) groups is 2. The van der Waals surface area contributed by atoms with Gasteiger partial charge in [-0.15, -0.1) is 0 Å². The standard InChI is InChI=1S/C21H28N4O3/c1-2-17-6-8-18(9-7-17)21(27)25(14-13-24-11-4-3-5-12-24)16-20(26)22-19-10-15-28-23-19/h6-10,15H,2-5,11-14,16H2,1H3,(H,22,23,26)/p+1. The summed E-state index contributed by atoms with van der Waals surface area (Å²) in [6, 6.07) is 9.20. The van der Waals surface area contributed by atoms with E-state index in [4.69, 9.17) is 4.52 Å². The molecule has 1 fully saturated rings. The molecular formula is C21H29N4O3+. The molecule has 2 amide bonds. The van der Waals surface area contributed by atoms with E-state index >= 15 is 0 Å². The first kappa shape index (κ1) is 20.1. The number of likely N-dealkylation sites (tertiary alicyclic amines) is 1. The van der Waals surface area contributed by atoms with Crippen molar-refractivity contribution in [1.29, 1.82) is 0 Å². The van der Waals surface area contributed by atoms with Gasteiger partial charge in [0, 0.05) is 11.6 Å². The molecular weight excluding hydrogens is 356 g/mol. The van der Waals surface area contributed by atoms with Gasteiger partial charge in [0.05, 0.1) is 26.2 Å². The van der Waals surface area contributed by atoms with E-state index in [1.165, 1.54) is 36.0 Å². The number of anilines is 1. The van der Waals surface area contributed by atoms with Gasteiger partial charge in [-0.2, -0.15) is 0 Å². The van der Waals surface area contributed by atoms with Gasteiger partial charge in [0.2, 0.25) is 5.91 Å². The minimum atomic E-state index is -0.277. The third kappa shape index (κ3) is 5.66. The Kier molecular flexibility index (Phi) is 7.19. The maximum absolute atomic E-state index is 13.1. The fraction of sp³-hybridized carbons (Fsp3) is 0.476. The zero-order valence-electron chi connectivity index (χ0n) is 16.4. The zero-order valence-corrected chi connectivity index (χ0v) is 16.4. The molecule has 2 aromatic rings. The summed E-state index contributed by atoms with van der Waals surface area (Å²) < 4.78 is 4.74. The van der Waals surface area contributed by atoms with Gasteiger partial charge in [-0.05, 0) is 43.4 Å². The summed E-state index contributed by atoms with van der Waals surface area (Å²) in [5.74, 6) is -0.0400. The van der Waals surface area contributed by atoms with Crippen molar-refractivity contribution in [2.75, 3.05) is 38.0 Å². The van der Waals surface area contributed by atoms with Crippen LogP contribution in [0.25, 0.3) is 0 Å². The number of aromatic nitrogens is 1. The van der Waals surface area contributed by atoms with Crippen LogP contribution >= 0.6 is 0 Å². The maximum Gasteiger partial charge on any atom is 0.254 e. The van der Waals surface area contributed by atoms with Crippen molar-refractivity contribution in [1.82, 2.24) is 10.1 Å². The Hall–Kier alpha value is -2.67. The number of hydrogen-bond donors (Lipinski definition) is 2. The first-order chi connectivity index (χ1) is 13.7. The SMILES string of the molecule is CCc1ccc(C(=O)N(CC[NH+]2CCCCC2)CC(=O)Nc2ccon2)cc1. The molecule has 2 N–H and O–H groups in total. The molecule has 1 aliphatic heterocycles. The lowest BCUT2D eigenvalue weighted by molar-refractivity contribution is -0.904. The lowest BCUT2D eigenvalue weighted by atomic mass is 10.1. The van der Waals surface area contributed by atoms with Gasteiger partial charge in [0.15, 0.2) is 5.82 Å². The molecule has 2 heterocycles. The van der Waals surface area contributed by atoms with Crippen molar-refractivity contribution < 1.29 is 19.0 Å². The number of nitrogens with zero attached hydrogens (tertiary/aromatic N) is 2. The van der Waals surface area contributed by atoms with Crippen LogP contribution in [-0.2, 0) is 11.2 Å². The number of amides is 2. The summed E-state index contributed by atoms with van der Waals surface area (Å²) in [5, 5.41) is 6.36. The second kappa shape index (κ2) is 10.0. The highest BCUT2D eigenvalue weighted by Gasteiger charge is 2.22. The Morgan fingerprint density at radius 3 is 2.54 bits per heavy atom. The average molecular weight is 385 g/mol. The van der Waals surface area contributed by atoms with Crippen molar-refractivity contribution in [3.8, 4) is 0 Å². The Morgan fingerprint density at radius 2 is 1.89 bits per heavy atom. The van der Waals surface area contributed by atoms with Crippen LogP contribution in [0, 0.1) is 0 Å². The molecule has 28 heavy (non-hydrogen) atoms. The molecule has 1 aromatic heterocycles. The third-order valence-corrected chi connectivity index (χ3v) is 5.23. The van der Waals surface area contributed by atoms with E-state index in [1.807, 2.05) is 24.3 Å². The number of aryl methyl sites for hydroxylation is 1. The minimum absolute atomic E-state index is 0.00545. The Morgan fingerprint density at radius 1 is 1.14 bits per heavy atom. The van der Waals surface area contributed by atoms with Crippen LogP contribution in [0.5, 0.6) is 0 Å². The van der Waals surface area contributed by atoms with E-state index in [1.54, 1.807) is 11.0 Å². The summed E-state index contributed by atoms with van der Waals surface area (Å²) in [6.45, 7) is 5.76. The Bertz CT molecular complexity index is 752. The first-order valence-corrected chi connectivity index (χ1v) is 10.1. The molecule has 7 heteroatoms. The summed E-state index contributed by atoms with van der Waals surface area (Å²) >= 11 is 0. The van der Waals surface area contributed by atoms with Gasteiger partial charge in [0.1, 0.15) is 12.8 Å². The van der Waals surface area contributed by atoms with Crippen molar-refractivity contribution in [3.63, 3.8) is 0 Å². The first-order valence-electron chi connectivity index (χ1n) is 10.1. The largest absolute Gasteiger partial charge is 0.363 e. The summed E-state index contributed by atoms with van der Waals surface area (Å²) in [7, 11) is 0. The average Bonchev–Trinajstić information content (AvgIpc) is 3.24. The molecule has 1 aromatic carbocycles. The fourth-order valence-corrected chi connectivity index (χ4v) is 3.55. The lowest BCUT2D eigenvalue weighted by Crippen LogP contribution is -3.13.